The summed E-state index contributed by atoms with van der Waals surface area (Å²) in [6.07, 6.45) is 5.38. The first kappa shape index (κ1) is 12.5. The van der Waals surface area contributed by atoms with Gasteiger partial charge in [-0.1, -0.05) is 12.1 Å². The lowest BCUT2D eigenvalue weighted by molar-refractivity contribution is 0.172. The molecule has 0 atom stereocenters. The largest absolute Gasteiger partial charge is 0.454 e. The number of ether oxygens (including phenoxy) is 2. The summed E-state index contributed by atoms with van der Waals surface area (Å²) in [4.78, 5) is 2.66. The number of nitrogens with one attached hydrogen (secondary N) is 1. The van der Waals surface area contributed by atoms with Crippen LogP contribution in [-0.2, 0) is 6.54 Å². The van der Waals surface area contributed by atoms with Gasteiger partial charge in [0, 0.05) is 24.2 Å². The molecule has 20 heavy (non-hydrogen) atoms. The zero-order valence-corrected chi connectivity index (χ0v) is 11.8. The van der Waals surface area contributed by atoms with Crippen LogP contribution in [0.3, 0.4) is 0 Å². The number of fused-ring (bicyclic) bond motifs is 1. The molecule has 0 aromatic heterocycles. The summed E-state index contributed by atoms with van der Waals surface area (Å²) in [6.45, 7) is 3.75. The summed E-state index contributed by atoms with van der Waals surface area (Å²) < 4.78 is 11.0. The van der Waals surface area contributed by atoms with Gasteiger partial charge >= 0.3 is 0 Å². The zero-order valence-electron chi connectivity index (χ0n) is 11.8. The topological polar surface area (TPSA) is 33.7 Å². The molecular formula is C16H22N2O2. The average Bonchev–Trinajstić information content (AvgIpc) is 3.23. The molecule has 2 aliphatic heterocycles. The Morgan fingerprint density at radius 1 is 1.10 bits per heavy atom. The van der Waals surface area contributed by atoms with Gasteiger partial charge in [-0.15, -0.1) is 0 Å². The summed E-state index contributed by atoms with van der Waals surface area (Å²) in [5, 5.41) is 3.69. The minimum atomic E-state index is 0.353. The number of rotatable bonds is 4. The molecule has 1 aromatic rings. The summed E-state index contributed by atoms with van der Waals surface area (Å²) >= 11 is 0. The van der Waals surface area contributed by atoms with E-state index >= 15 is 0 Å². The Morgan fingerprint density at radius 2 is 1.95 bits per heavy atom. The van der Waals surface area contributed by atoms with Crippen LogP contribution in [-0.4, -0.2) is 36.9 Å². The van der Waals surface area contributed by atoms with E-state index in [1.165, 1.54) is 44.3 Å². The predicted molar refractivity (Wildman–Crippen MR) is 77.0 cm³/mol. The van der Waals surface area contributed by atoms with Crippen LogP contribution >= 0.6 is 0 Å². The van der Waals surface area contributed by atoms with Crippen molar-refractivity contribution in [3.05, 3.63) is 23.8 Å². The molecule has 4 rings (SSSR count). The molecule has 4 heteroatoms. The first-order valence-corrected chi connectivity index (χ1v) is 7.75. The van der Waals surface area contributed by atoms with E-state index < -0.39 is 0 Å². The number of likely N-dealkylation sites (tertiary alicyclic amines) is 1. The molecule has 0 radical (unpaired) electrons. The van der Waals surface area contributed by atoms with Crippen molar-refractivity contribution in [2.45, 2.75) is 44.3 Å². The van der Waals surface area contributed by atoms with Gasteiger partial charge in [0.05, 0.1) is 0 Å². The van der Waals surface area contributed by atoms with E-state index in [0.29, 0.717) is 12.8 Å². The maximum atomic E-state index is 5.56. The minimum Gasteiger partial charge on any atom is -0.454 e. The second kappa shape index (κ2) is 5.26. The third-order valence-corrected chi connectivity index (χ3v) is 4.65. The standard InChI is InChI=1S/C16H22N2O2/c1-2-12(16-15(3-1)19-11-20-16)10-17-13-6-8-18(9-7-13)14-4-5-14/h1-3,13-14,17H,4-11H2. The van der Waals surface area contributed by atoms with Gasteiger partial charge in [-0.05, 0) is 44.8 Å². The molecule has 1 N–H and O–H groups in total. The van der Waals surface area contributed by atoms with Crippen molar-refractivity contribution in [1.82, 2.24) is 10.2 Å². The molecule has 1 saturated carbocycles. The van der Waals surface area contributed by atoms with Gasteiger partial charge in [0.25, 0.3) is 0 Å². The molecular weight excluding hydrogens is 252 g/mol. The molecule has 2 fully saturated rings. The Balaban J connectivity index is 1.31. The van der Waals surface area contributed by atoms with Gasteiger partial charge in [0.2, 0.25) is 6.79 Å². The lowest BCUT2D eigenvalue weighted by atomic mass is 10.0. The van der Waals surface area contributed by atoms with Gasteiger partial charge < -0.3 is 19.7 Å². The maximum absolute atomic E-state index is 5.56. The first-order valence-electron chi connectivity index (χ1n) is 7.75. The zero-order chi connectivity index (χ0) is 13.4. The summed E-state index contributed by atoms with van der Waals surface area (Å²) in [6, 6.07) is 7.70. The Bertz CT molecular complexity index is 479. The monoisotopic (exact) mass is 274 g/mol. The van der Waals surface area contributed by atoms with Gasteiger partial charge in [-0.3, -0.25) is 0 Å². The van der Waals surface area contributed by atoms with Crippen molar-refractivity contribution >= 4 is 0 Å². The number of nitrogens with zero attached hydrogens (tertiary/aromatic N) is 1. The second-order valence-corrected chi connectivity index (χ2v) is 6.07. The smallest absolute Gasteiger partial charge is 0.231 e. The fourth-order valence-electron chi connectivity index (χ4n) is 3.29. The number of piperidine rings is 1. The van der Waals surface area contributed by atoms with Gasteiger partial charge in [0.1, 0.15) is 0 Å². The van der Waals surface area contributed by atoms with Crippen LogP contribution in [0.25, 0.3) is 0 Å². The highest BCUT2D eigenvalue weighted by Gasteiger charge is 2.31. The van der Waals surface area contributed by atoms with Crippen LogP contribution in [0.15, 0.2) is 18.2 Å². The van der Waals surface area contributed by atoms with E-state index in [-0.39, 0.29) is 0 Å². The highest BCUT2D eigenvalue weighted by Crippen LogP contribution is 2.35. The van der Waals surface area contributed by atoms with Gasteiger partial charge in [0.15, 0.2) is 11.5 Å². The summed E-state index contributed by atoms with van der Waals surface area (Å²) in [5.41, 5.74) is 1.21. The van der Waals surface area contributed by atoms with Gasteiger partial charge in [-0.2, -0.15) is 0 Å². The van der Waals surface area contributed by atoms with Crippen molar-refractivity contribution < 1.29 is 9.47 Å². The molecule has 1 aromatic carbocycles. The first-order chi connectivity index (χ1) is 9.90. The van der Waals surface area contributed by atoms with E-state index in [4.69, 9.17) is 9.47 Å². The van der Waals surface area contributed by atoms with Crippen LogP contribution in [0, 0.1) is 0 Å². The third-order valence-electron chi connectivity index (χ3n) is 4.65. The molecule has 3 aliphatic rings. The lowest BCUT2D eigenvalue weighted by Gasteiger charge is -2.32. The molecule has 2 heterocycles. The molecule has 0 amide bonds. The average molecular weight is 274 g/mol. The van der Waals surface area contributed by atoms with Crippen molar-refractivity contribution in [3.63, 3.8) is 0 Å². The van der Waals surface area contributed by atoms with E-state index in [1.807, 2.05) is 12.1 Å². The summed E-state index contributed by atoms with van der Waals surface area (Å²) in [7, 11) is 0. The van der Waals surface area contributed by atoms with Crippen LogP contribution in [0.5, 0.6) is 11.5 Å². The molecule has 4 nitrogen and oxygen atoms in total. The number of benzene rings is 1. The molecule has 1 aliphatic carbocycles. The Morgan fingerprint density at radius 3 is 2.75 bits per heavy atom. The van der Waals surface area contributed by atoms with E-state index in [9.17, 15) is 0 Å². The highest BCUT2D eigenvalue weighted by atomic mass is 16.7. The van der Waals surface area contributed by atoms with Crippen LogP contribution in [0.4, 0.5) is 0 Å². The van der Waals surface area contributed by atoms with Crippen LogP contribution < -0.4 is 14.8 Å². The Kier molecular flexibility index (Phi) is 3.28. The fraction of sp³-hybridized carbons (Fsp3) is 0.625. The molecule has 1 saturated heterocycles. The minimum absolute atomic E-state index is 0.353. The molecule has 108 valence electrons. The summed E-state index contributed by atoms with van der Waals surface area (Å²) in [5.74, 6) is 1.81. The molecule has 0 unspecified atom stereocenters. The Labute approximate surface area is 120 Å². The number of para-hydroxylation sites is 1. The van der Waals surface area contributed by atoms with Crippen molar-refractivity contribution in [3.8, 4) is 11.5 Å². The van der Waals surface area contributed by atoms with Crippen molar-refractivity contribution in [2.75, 3.05) is 19.9 Å². The molecule has 0 bridgehead atoms. The van der Waals surface area contributed by atoms with Crippen molar-refractivity contribution in [2.24, 2.45) is 0 Å². The van der Waals surface area contributed by atoms with Gasteiger partial charge in [-0.25, -0.2) is 0 Å². The number of hydrogen-bond donors (Lipinski definition) is 1. The lowest BCUT2D eigenvalue weighted by Crippen LogP contribution is -2.43. The second-order valence-electron chi connectivity index (χ2n) is 6.07. The normalized spacial score (nSPS) is 23.2. The van der Waals surface area contributed by atoms with E-state index in [1.54, 1.807) is 0 Å². The quantitative estimate of drug-likeness (QED) is 0.912. The Hall–Kier alpha value is -1.26. The predicted octanol–water partition coefficient (Wildman–Crippen LogP) is 2.13. The van der Waals surface area contributed by atoms with E-state index in [0.717, 1.165) is 24.1 Å². The number of hydrogen-bond acceptors (Lipinski definition) is 4. The maximum Gasteiger partial charge on any atom is 0.231 e. The third kappa shape index (κ3) is 2.50. The van der Waals surface area contributed by atoms with Crippen LogP contribution in [0.1, 0.15) is 31.2 Å². The van der Waals surface area contributed by atoms with E-state index in [2.05, 4.69) is 16.3 Å². The van der Waals surface area contributed by atoms with Crippen molar-refractivity contribution in [1.29, 1.82) is 0 Å². The fourth-order valence-corrected chi connectivity index (χ4v) is 3.29. The highest BCUT2D eigenvalue weighted by molar-refractivity contribution is 5.48. The molecule has 0 spiro atoms. The van der Waals surface area contributed by atoms with Crippen LogP contribution in [0.2, 0.25) is 0 Å². The SMILES string of the molecule is c1cc(CNC2CCN(C3CC3)CC2)c2c(c1)OCO2.